The number of nitriles is 1. The van der Waals surface area contributed by atoms with Crippen LogP contribution in [0.1, 0.15) is 54.5 Å². The maximum absolute atomic E-state index is 12.5. The van der Waals surface area contributed by atoms with Crippen LogP contribution in [0.5, 0.6) is 0 Å². The third kappa shape index (κ3) is 4.82. The minimum Gasteiger partial charge on any atom is -0.349 e. The topological polar surface area (TPSA) is 70.7 Å². The summed E-state index contributed by atoms with van der Waals surface area (Å²) in [6, 6.07) is 10.3. The molecule has 1 saturated carbocycles. The molecule has 0 spiro atoms. The van der Waals surface area contributed by atoms with Gasteiger partial charge in [-0.3, -0.25) is 4.79 Å². The molecule has 0 bridgehead atoms. The lowest BCUT2D eigenvalue weighted by Crippen LogP contribution is -2.36. The minimum absolute atomic E-state index is 0.0606. The van der Waals surface area contributed by atoms with E-state index in [0.717, 1.165) is 31.2 Å². The van der Waals surface area contributed by atoms with Gasteiger partial charge >= 0.3 is 0 Å². The third-order valence-corrected chi connectivity index (χ3v) is 5.56. The highest BCUT2D eigenvalue weighted by Crippen LogP contribution is 2.24. The number of aromatic nitrogens is 2. The fourth-order valence-electron chi connectivity index (χ4n) is 3.51. The van der Waals surface area contributed by atoms with Crippen molar-refractivity contribution in [3.63, 3.8) is 0 Å². The van der Waals surface area contributed by atoms with Crippen molar-refractivity contribution in [2.24, 2.45) is 0 Å². The first kappa shape index (κ1) is 20.2. The largest absolute Gasteiger partial charge is 0.349 e. The van der Waals surface area contributed by atoms with Crippen molar-refractivity contribution in [2.75, 3.05) is 0 Å². The van der Waals surface area contributed by atoms with E-state index in [0.29, 0.717) is 23.0 Å². The lowest BCUT2D eigenvalue weighted by atomic mass is 9.95. The number of nitrogens with one attached hydrogen (secondary N) is 1. The molecule has 1 N–H and O–H groups in total. The molecule has 1 amide bonds. The molecule has 5 nitrogen and oxygen atoms in total. The Labute approximate surface area is 171 Å². The lowest BCUT2D eigenvalue weighted by Gasteiger charge is -2.22. The van der Waals surface area contributed by atoms with Gasteiger partial charge in [-0.1, -0.05) is 60.7 Å². The van der Waals surface area contributed by atoms with Crippen molar-refractivity contribution in [3.05, 3.63) is 57.4 Å². The molecule has 3 rings (SSSR count). The number of hydrogen-bond acceptors (Lipinski definition) is 3. The first-order valence-electron chi connectivity index (χ1n) is 9.69. The van der Waals surface area contributed by atoms with Crippen LogP contribution in [0, 0.1) is 25.2 Å². The van der Waals surface area contributed by atoms with Gasteiger partial charge < -0.3 is 5.32 Å². The number of nitrogens with zero attached hydrogens (tertiary/aromatic N) is 3. The van der Waals surface area contributed by atoms with E-state index >= 15 is 0 Å². The lowest BCUT2D eigenvalue weighted by molar-refractivity contribution is -0.117. The van der Waals surface area contributed by atoms with Gasteiger partial charge in [0.2, 0.25) is 0 Å². The molecule has 1 heterocycles. The fourth-order valence-corrected chi connectivity index (χ4v) is 3.79. The van der Waals surface area contributed by atoms with Gasteiger partial charge in [-0.2, -0.15) is 10.4 Å². The van der Waals surface area contributed by atoms with Gasteiger partial charge in [0.05, 0.1) is 12.2 Å². The van der Waals surface area contributed by atoms with Crippen molar-refractivity contribution in [3.8, 4) is 6.07 Å². The van der Waals surface area contributed by atoms with Gasteiger partial charge in [0.1, 0.15) is 16.8 Å². The molecule has 1 aliphatic carbocycles. The second-order valence-electron chi connectivity index (χ2n) is 7.41. The second kappa shape index (κ2) is 9.07. The Balaban J connectivity index is 1.79. The summed E-state index contributed by atoms with van der Waals surface area (Å²) in [6.45, 7) is 4.40. The number of benzene rings is 1. The first-order valence-corrected chi connectivity index (χ1v) is 10.1. The Morgan fingerprint density at radius 2 is 1.96 bits per heavy atom. The average molecular weight is 397 g/mol. The van der Waals surface area contributed by atoms with E-state index in [4.69, 9.17) is 11.6 Å². The molecule has 0 unspecified atom stereocenters. The molecule has 1 aliphatic rings. The van der Waals surface area contributed by atoms with Crippen LogP contribution < -0.4 is 5.32 Å². The Kier molecular flexibility index (Phi) is 6.53. The van der Waals surface area contributed by atoms with Crippen molar-refractivity contribution >= 4 is 23.6 Å². The summed E-state index contributed by atoms with van der Waals surface area (Å²) in [5.41, 5.74) is 3.64. The third-order valence-electron chi connectivity index (χ3n) is 5.16. The van der Waals surface area contributed by atoms with Crippen molar-refractivity contribution in [1.82, 2.24) is 15.1 Å². The average Bonchev–Trinajstić information content (AvgIpc) is 2.95. The van der Waals surface area contributed by atoms with Crippen LogP contribution in [-0.4, -0.2) is 21.7 Å². The summed E-state index contributed by atoms with van der Waals surface area (Å²) in [5, 5.41) is 17.4. The summed E-state index contributed by atoms with van der Waals surface area (Å²) in [4.78, 5) is 12.5. The molecular formula is C22H25ClN4O. The fraction of sp³-hybridized carbons (Fsp3) is 0.409. The van der Waals surface area contributed by atoms with Crippen LogP contribution >= 0.6 is 11.6 Å². The number of amides is 1. The van der Waals surface area contributed by atoms with Crippen molar-refractivity contribution in [1.29, 1.82) is 5.26 Å². The van der Waals surface area contributed by atoms with Crippen LogP contribution in [0.4, 0.5) is 0 Å². The Bertz CT molecular complexity index is 915. The summed E-state index contributed by atoms with van der Waals surface area (Å²) >= 11 is 6.52. The number of carbonyl (C=O) groups excluding carboxylic acids is 1. The van der Waals surface area contributed by atoms with Gasteiger partial charge in [0.25, 0.3) is 5.91 Å². The summed E-state index contributed by atoms with van der Waals surface area (Å²) in [6.07, 6.45) is 6.94. The zero-order valence-electron chi connectivity index (χ0n) is 16.3. The van der Waals surface area contributed by atoms with Crippen LogP contribution in [-0.2, 0) is 11.3 Å². The molecule has 6 heteroatoms. The zero-order chi connectivity index (χ0) is 20.1. The van der Waals surface area contributed by atoms with Gasteiger partial charge in [-0.05, 0) is 38.3 Å². The van der Waals surface area contributed by atoms with Gasteiger partial charge in [-0.25, -0.2) is 4.68 Å². The summed E-state index contributed by atoms with van der Waals surface area (Å²) in [7, 11) is 0. The highest BCUT2D eigenvalue weighted by molar-refractivity contribution is 6.31. The van der Waals surface area contributed by atoms with Crippen LogP contribution in [0.25, 0.3) is 6.08 Å². The number of aryl methyl sites for hydroxylation is 2. The number of rotatable bonds is 5. The minimum atomic E-state index is -0.337. The zero-order valence-corrected chi connectivity index (χ0v) is 17.1. The van der Waals surface area contributed by atoms with E-state index in [1.54, 1.807) is 10.8 Å². The van der Waals surface area contributed by atoms with Gasteiger partial charge in [0, 0.05) is 11.6 Å². The molecule has 0 saturated heterocycles. The van der Waals surface area contributed by atoms with E-state index in [9.17, 15) is 10.1 Å². The van der Waals surface area contributed by atoms with Crippen LogP contribution in [0.3, 0.4) is 0 Å². The quantitative estimate of drug-likeness (QED) is 0.595. The normalized spacial score (nSPS) is 15.3. The van der Waals surface area contributed by atoms with Crippen LogP contribution in [0.2, 0.25) is 5.15 Å². The predicted octanol–water partition coefficient (Wildman–Crippen LogP) is 4.56. The SMILES string of the molecule is Cc1ccc(Cn2nc(C)c(/C=C(\C#N)C(=O)NC3CCCCC3)c2Cl)cc1. The molecule has 28 heavy (non-hydrogen) atoms. The molecule has 1 fully saturated rings. The standard InChI is InChI=1S/C22H25ClN4O/c1-15-8-10-17(11-9-15)14-27-21(23)20(16(2)26-27)12-18(13-24)22(28)25-19-6-4-3-5-7-19/h8-12,19H,3-7,14H2,1-2H3,(H,25,28)/b18-12+. The summed E-state index contributed by atoms with van der Waals surface area (Å²) in [5.74, 6) is -0.337. The number of carbonyl (C=O) groups is 1. The molecule has 1 aromatic heterocycles. The summed E-state index contributed by atoms with van der Waals surface area (Å²) < 4.78 is 1.70. The van der Waals surface area contributed by atoms with E-state index < -0.39 is 0 Å². The van der Waals surface area contributed by atoms with Crippen molar-refractivity contribution in [2.45, 2.75) is 58.5 Å². The molecular weight excluding hydrogens is 372 g/mol. The van der Waals surface area contributed by atoms with E-state index in [2.05, 4.69) is 10.4 Å². The van der Waals surface area contributed by atoms with Crippen LogP contribution in [0.15, 0.2) is 29.8 Å². The van der Waals surface area contributed by atoms with E-state index in [-0.39, 0.29) is 17.5 Å². The first-order chi connectivity index (χ1) is 13.5. The number of halogens is 1. The van der Waals surface area contributed by atoms with Crippen molar-refractivity contribution < 1.29 is 4.79 Å². The Hall–Kier alpha value is -2.58. The molecule has 0 aliphatic heterocycles. The Morgan fingerprint density at radius 1 is 1.29 bits per heavy atom. The maximum atomic E-state index is 12.5. The predicted molar refractivity (Wildman–Crippen MR) is 111 cm³/mol. The van der Waals surface area contributed by atoms with Gasteiger partial charge in [-0.15, -0.1) is 0 Å². The molecule has 2 aromatic rings. The highest BCUT2D eigenvalue weighted by atomic mass is 35.5. The molecule has 0 atom stereocenters. The monoisotopic (exact) mass is 396 g/mol. The molecule has 1 aromatic carbocycles. The number of hydrogen-bond donors (Lipinski definition) is 1. The van der Waals surface area contributed by atoms with E-state index in [1.807, 2.05) is 44.2 Å². The smallest absolute Gasteiger partial charge is 0.262 e. The second-order valence-corrected chi connectivity index (χ2v) is 7.77. The molecule has 146 valence electrons. The van der Waals surface area contributed by atoms with Gasteiger partial charge in [0.15, 0.2) is 0 Å². The molecule has 0 radical (unpaired) electrons. The highest BCUT2D eigenvalue weighted by Gasteiger charge is 2.20. The Morgan fingerprint density at radius 3 is 2.61 bits per heavy atom. The van der Waals surface area contributed by atoms with E-state index in [1.165, 1.54) is 12.0 Å². The maximum Gasteiger partial charge on any atom is 0.262 e.